The number of nitrogens with one attached hydrogen (secondary N) is 1. The maximum atomic E-state index is 12.8. The molecule has 33 heavy (non-hydrogen) atoms. The largest absolute Gasteiger partial charge is 0.497 e. The zero-order valence-corrected chi connectivity index (χ0v) is 20.4. The van der Waals surface area contributed by atoms with Crippen molar-refractivity contribution in [2.24, 2.45) is 0 Å². The van der Waals surface area contributed by atoms with Crippen LogP contribution < -0.4 is 15.0 Å². The van der Waals surface area contributed by atoms with Gasteiger partial charge in [-0.2, -0.15) is 0 Å². The number of carbonyl (C=O) groups is 2. The Labute approximate surface area is 196 Å². The molecule has 2 N–H and O–H groups in total. The fourth-order valence-electron chi connectivity index (χ4n) is 2.64. The van der Waals surface area contributed by atoms with E-state index in [-0.39, 0.29) is 25.7 Å². The number of rotatable bonds is 11. The van der Waals surface area contributed by atoms with Gasteiger partial charge in [-0.15, -0.1) is 0 Å². The molecule has 1 aromatic rings. The van der Waals surface area contributed by atoms with E-state index in [2.05, 4.69) is 11.9 Å². The quantitative estimate of drug-likeness (QED) is 0.295. The average Bonchev–Trinajstić information content (AvgIpc) is 2.72. The van der Waals surface area contributed by atoms with Crippen LogP contribution in [-0.2, 0) is 14.3 Å². The normalized spacial score (nSPS) is 12.3. The Morgan fingerprint density at radius 1 is 1.18 bits per heavy atom. The van der Waals surface area contributed by atoms with Crippen LogP contribution in [0.15, 0.2) is 60.9 Å². The highest BCUT2D eigenvalue weighted by atomic mass is 16.6. The Bertz CT molecular complexity index is 868. The lowest BCUT2D eigenvalue weighted by Crippen LogP contribution is -2.48. The fraction of sp³-hybridized carbons (Fsp3) is 0.440. The van der Waals surface area contributed by atoms with Crippen molar-refractivity contribution in [3.63, 3.8) is 0 Å². The summed E-state index contributed by atoms with van der Waals surface area (Å²) in [6, 6.07) is 7.00. The van der Waals surface area contributed by atoms with Gasteiger partial charge in [-0.3, -0.25) is 4.79 Å². The van der Waals surface area contributed by atoms with Crippen molar-refractivity contribution in [3.8, 4) is 5.75 Å². The van der Waals surface area contributed by atoms with Crippen LogP contribution in [0.2, 0.25) is 0 Å². The van der Waals surface area contributed by atoms with Gasteiger partial charge in [0.25, 0.3) is 5.91 Å². The zero-order valence-electron chi connectivity index (χ0n) is 20.4. The van der Waals surface area contributed by atoms with E-state index < -0.39 is 17.2 Å². The molecule has 0 aromatic heterocycles. The molecule has 0 bridgehead atoms. The molecule has 8 heteroatoms. The van der Waals surface area contributed by atoms with Gasteiger partial charge in [0.2, 0.25) is 0 Å². The third kappa shape index (κ3) is 10.7. The average molecular weight is 461 g/mol. The van der Waals surface area contributed by atoms with Gasteiger partial charge in [0.15, 0.2) is 0 Å². The Kier molecular flexibility index (Phi) is 10.7. The lowest BCUT2D eigenvalue weighted by atomic mass is 10.1. The summed E-state index contributed by atoms with van der Waals surface area (Å²) in [5.74, 6) is 0.636. The number of amides is 2. The van der Waals surface area contributed by atoms with Crippen LogP contribution in [0.1, 0.15) is 34.6 Å². The van der Waals surface area contributed by atoms with Crippen LogP contribution in [0, 0.1) is 0 Å². The van der Waals surface area contributed by atoms with Crippen molar-refractivity contribution in [2.75, 3.05) is 31.8 Å². The second-order valence-corrected chi connectivity index (χ2v) is 8.85. The number of hydrogen-bond acceptors (Lipinski definition) is 6. The van der Waals surface area contributed by atoms with Gasteiger partial charge in [0.1, 0.15) is 23.7 Å². The second-order valence-electron chi connectivity index (χ2n) is 8.85. The molecule has 8 nitrogen and oxygen atoms in total. The van der Waals surface area contributed by atoms with E-state index in [0.717, 1.165) is 0 Å². The predicted molar refractivity (Wildman–Crippen MR) is 129 cm³/mol. The predicted octanol–water partition coefficient (Wildman–Crippen LogP) is 3.97. The molecular weight excluding hydrogens is 424 g/mol. The van der Waals surface area contributed by atoms with Gasteiger partial charge in [0.05, 0.1) is 19.3 Å². The zero-order chi connectivity index (χ0) is 25.1. The molecule has 1 rings (SSSR count). The first kappa shape index (κ1) is 27.8. The smallest absolute Gasteiger partial charge is 0.408 e. The molecule has 0 radical (unpaired) electrons. The van der Waals surface area contributed by atoms with Gasteiger partial charge < -0.3 is 29.5 Å². The molecular formula is C25H36N2O6. The molecule has 0 atom stereocenters. The van der Waals surface area contributed by atoms with E-state index in [0.29, 0.717) is 17.2 Å². The van der Waals surface area contributed by atoms with Crippen molar-refractivity contribution in [1.82, 2.24) is 5.32 Å². The number of aliphatic hydroxyl groups excluding tert-OH is 1. The molecule has 0 aliphatic carbocycles. The first-order valence-corrected chi connectivity index (χ1v) is 10.6. The number of nitrogens with zero attached hydrogens (tertiary/aromatic N) is 1. The van der Waals surface area contributed by atoms with Gasteiger partial charge in [-0.25, -0.2) is 4.79 Å². The number of ether oxygens (including phenoxy) is 3. The lowest BCUT2D eigenvalue weighted by Gasteiger charge is -2.28. The molecule has 0 spiro atoms. The van der Waals surface area contributed by atoms with Crippen LogP contribution in [0.4, 0.5) is 10.5 Å². The van der Waals surface area contributed by atoms with Crippen LogP contribution in [0.5, 0.6) is 5.75 Å². The molecule has 0 aliphatic heterocycles. The standard InChI is InChI=1S/C25H36N2O6/c1-8-10-20(32-18-25(5,6)26-23(30)33-24(2,3)4)13-14-22(29)27(15-16-28)19-11-9-12-21(17-19)31-7/h8-14,17,28H,1,15-16,18H2,2-7H3,(H,26,30)/b14-13-,20-10+. The van der Waals surface area contributed by atoms with E-state index in [4.69, 9.17) is 14.2 Å². The maximum absolute atomic E-state index is 12.8. The van der Waals surface area contributed by atoms with E-state index >= 15 is 0 Å². The van der Waals surface area contributed by atoms with Gasteiger partial charge >= 0.3 is 6.09 Å². The monoisotopic (exact) mass is 460 g/mol. The summed E-state index contributed by atoms with van der Waals surface area (Å²) in [6.07, 6.45) is 5.45. The second kappa shape index (κ2) is 12.7. The SMILES string of the molecule is C=C/C=C(\C=C/C(=O)N(CCO)c1cccc(OC)c1)OCC(C)(C)NC(=O)OC(C)(C)C. The van der Waals surface area contributed by atoms with E-state index in [9.17, 15) is 14.7 Å². The van der Waals surface area contributed by atoms with Crippen molar-refractivity contribution >= 4 is 17.7 Å². The minimum absolute atomic E-state index is 0.116. The Balaban J connectivity index is 2.87. The Morgan fingerprint density at radius 2 is 1.88 bits per heavy atom. The van der Waals surface area contributed by atoms with E-state index in [1.54, 1.807) is 72.1 Å². The van der Waals surface area contributed by atoms with Gasteiger partial charge in [0, 0.05) is 24.4 Å². The summed E-state index contributed by atoms with van der Waals surface area (Å²) < 4.78 is 16.3. The first-order chi connectivity index (χ1) is 15.4. The number of methoxy groups -OCH3 is 1. The van der Waals surface area contributed by atoms with Crippen LogP contribution in [0.3, 0.4) is 0 Å². The Hall–Kier alpha value is -3.26. The summed E-state index contributed by atoms with van der Waals surface area (Å²) in [5, 5.41) is 12.2. The number of carbonyl (C=O) groups excluding carboxylic acids is 2. The molecule has 0 saturated heterocycles. The first-order valence-electron chi connectivity index (χ1n) is 10.6. The number of anilines is 1. The van der Waals surface area contributed by atoms with Crippen LogP contribution in [0.25, 0.3) is 0 Å². The Morgan fingerprint density at radius 3 is 2.45 bits per heavy atom. The minimum atomic E-state index is -0.732. The van der Waals surface area contributed by atoms with Gasteiger partial charge in [-0.05, 0) is 58.9 Å². The molecule has 0 fully saturated rings. The summed E-state index contributed by atoms with van der Waals surface area (Å²) in [5.41, 5.74) is -0.749. The molecule has 2 amide bonds. The highest BCUT2D eigenvalue weighted by Crippen LogP contribution is 2.21. The highest BCUT2D eigenvalue weighted by molar-refractivity contribution is 6.01. The fourth-order valence-corrected chi connectivity index (χ4v) is 2.64. The third-order valence-corrected chi connectivity index (χ3v) is 4.07. The number of aliphatic hydroxyl groups is 1. The molecule has 0 aliphatic rings. The maximum Gasteiger partial charge on any atom is 0.408 e. The summed E-state index contributed by atoms with van der Waals surface area (Å²) in [4.78, 5) is 26.3. The van der Waals surface area contributed by atoms with E-state index in [1.807, 2.05) is 0 Å². The van der Waals surface area contributed by atoms with Crippen LogP contribution in [-0.4, -0.2) is 55.1 Å². The van der Waals surface area contributed by atoms with Crippen molar-refractivity contribution in [1.29, 1.82) is 0 Å². The van der Waals surface area contributed by atoms with Gasteiger partial charge in [-0.1, -0.05) is 18.7 Å². The van der Waals surface area contributed by atoms with Crippen molar-refractivity contribution in [3.05, 3.63) is 60.9 Å². The molecule has 182 valence electrons. The molecule has 0 unspecified atom stereocenters. The minimum Gasteiger partial charge on any atom is -0.497 e. The summed E-state index contributed by atoms with van der Waals surface area (Å²) >= 11 is 0. The molecule has 0 heterocycles. The number of benzene rings is 1. The third-order valence-electron chi connectivity index (χ3n) is 4.07. The topological polar surface area (TPSA) is 97.3 Å². The number of alkyl carbamates (subject to hydrolysis) is 1. The number of hydrogen-bond donors (Lipinski definition) is 2. The lowest BCUT2D eigenvalue weighted by molar-refractivity contribution is -0.114. The van der Waals surface area contributed by atoms with Crippen LogP contribution >= 0.6 is 0 Å². The van der Waals surface area contributed by atoms with Crippen molar-refractivity contribution in [2.45, 2.75) is 45.8 Å². The summed E-state index contributed by atoms with van der Waals surface area (Å²) in [6.45, 7) is 12.7. The van der Waals surface area contributed by atoms with Crippen molar-refractivity contribution < 1.29 is 28.9 Å². The molecule has 0 saturated carbocycles. The molecule has 1 aromatic carbocycles. The van der Waals surface area contributed by atoms with E-state index in [1.165, 1.54) is 23.1 Å². The highest BCUT2D eigenvalue weighted by Gasteiger charge is 2.25. The summed E-state index contributed by atoms with van der Waals surface area (Å²) in [7, 11) is 1.54. The number of allylic oxidation sites excluding steroid dienone is 3.